The standard InChI is InChI=1S/C36H27Cl2F6NO7/c1-21-45-34(18-48-21,19-49-32(46)30(22-8-12-26(37)13-9-22)51-28-6-2-4-24(16-28)35(39,40)41)20-50-33(47)31(23-10-14-27(38)15-11-23)52-29-7-3-5-25(17-29)36(42,43)44/h2-17,30-31H,18-20H2,1H3. The Morgan fingerprint density at radius 3 is 1.46 bits per heavy atom. The fraction of sp³-hybridized carbons (Fsp3) is 0.250. The third kappa shape index (κ3) is 9.88. The largest absolute Gasteiger partial charge is 0.478 e. The molecule has 2 unspecified atom stereocenters. The van der Waals surface area contributed by atoms with E-state index in [0.29, 0.717) is 10.0 Å². The van der Waals surface area contributed by atoms with Gasteiger partial charge in [0.25, 0.3) is 0 Å². The van der Waals surface area contributed by atoms with Crippen LogP contribution in [0.1, 0.15) is 41.4 Å². The van der Waals surface area contributed by atoms with E-state index in [2.05, 4.69) is 4.99 Å². The summed E-state index contributed by atoms with van der Waals surface area (Å²) < 4.78 is 108. The predicted octanol–water partition coefficient (Wildman–Crippen LogP) is 9.25. The number of aliphatic imine (C=N–C) groups is 1. The number of hydrogen-bond donors (Lipinski definition) is 0. The molecule has 0 spiro atoms. The molecule has 2 atom stereocenters. The molecule has 0 fully saturated rings. The average Bonchev–Trinajstić information content (AvgIpc) is 3.48. The van der Waals surface area contributed by atoms with Crippen LogP contribution in [0.15, 0.2) is 102 Å². The van der Waals surface area contributed by atoms with Crippen LogP contribution in [0.2, 0.25) is 10.0 Å². The van der Waals surface area contributed by atoms with Gasteiger partial charge in [0, 0.05) is 28.1 Å². The number of hydrogen-bond acceptors (Lipinski definition) is 8. The van der Waals surface area contributed by atoms with Crippen LogP contribution in [0.3, 0.4) is 0 Å². The SMILES string of the molecule is CC1=NC(COC(=O)C(Oc2cccc(C(F)(F)F)c2)c2ccc(Cl)cc2)(COC(=O)C(Oc2cccc(C(F)(F)F)c2)c2ccc(Cl)cc2)CO1. The smallest absolute Gasteiger partial charge is 0.416 e. The number of alkyl halides is 6. The van der Waals surface area contributed by atoms with Crippen molar-refractivity contribution in [2.75, 3.05) is 19.8 Å². The van der Waals surface area contributed by atoms with Gasteiger partial charge in [-0.1, -0.05) is 59.6 Å². The van der Waals surface area contributed by atoms with Crippen LogP contribution in [0.5, 0.6) is 11.5 Å². The van der Waals surface area contributed by atoms with Gasteiger partial charge < -0.3 is 23.7 Å². The summed E-state index contributed by atoms with van der Waals surface area (Å²) in [7, 11) is 0. The van der Waals surface area contributed by atoms with Crippen LogP contribution in [-0.2, 0) is 36.2 Å². The Morgan fingerprint density at radius 1 is 0.712 bits per heavy atom. The van der Waals surface area contributed by atoms with Gasteiger partial charge in [-0.15, -0.1) is 0 Å². The second kappa shape index (κ2) is 15.7. The first-order chi connectivity index (χ1) is 24.5. The summed E-state index contributed by atoms with van der Waals surface area (Å²) in [6.45, 7) is 0.185. The van der Waals surface area contributed by atoms with E-state index in [0.717, 1.165) is 36.4 Å². The van der Waals surface area contributed by atoms with E-state index >= 15 is 0 Å². The molecule has 0 radical (unpaired) electrons. The molecule has 1 aliphatic heterocycles. The molecular formula is C36H27Cl2F6NO7. The van der Waals surface area contributed by atoms with Crippen molar-refractivity contribution in [1.29, 1.82) is 0 Å². The molecule has 1 heterocycles. The van der Waals surface area contributed by atoms with E-state index in [4.69, 9.17) is 46.9 Å². The molecule has 16 heteroatoms. The molecular weight excluding hydrogens is 743 g/mol. The topological polar surface area (TPSA) is 92.7 Å². The molecule has 52 heavy (non-hydrogen) atoms. The Morgan fingerprint density at radius 2 is 1.12 bits per heavy atom. The van der Waals surface area contributed by atoms with Crippen LogP contribution < -0.4 is 9.47 Å². The van der Waals surface area contributed by atoms with Gasteiger partial charge in [-0.3, -0.25) is 0 Å². The molecule has 4 aromatic carbocycles. The number of carbonyl (C=O) groups excluding carboxylic acids is 2. The number of esters is 2. The number of nitrogens with zero attached hydrogens (tertiary/aromatic N) is 1. The summed E-state index contributed by atoms with van der Waals surface area (Å²) in [4.78, 5) is 31.5. The normalized spacial score (nSPS) is 17.0. The highest BCUT2D eigenvalue weighted by atomic mass is 35.5. The Balaban J connectivity index is 1.35. The Bertz CT molecular complexity index is 1790. The van der Waals surface area contributed by atoms with E-state index in [-0.39, 0.29) is 35.1 Å². The Kier molecular flexibility index (Phi) is 11.6. The first kappa shape index (κ1) is 38.3. The lowest BCUT2D eigenvalue weighted by molar-refractivity contribution is -0.159. The average molecular weight is 771 g/mol. The molecule has 0 saturated heterocycles. The van der Waals surface area contributed by atoms with Crippen LogP contribution in [-0.4, -0.2) is 43.2 Å². The summed E-state index contributed by atoms with van der Waals surface area (Å²) in [5.41, 5.74) is -3.11. The van der Waals surface area contributed by atoms with E-state index in [1.54, 1.807) is 0 Å². The number of benzene rings is 4. The van der Waals surface area contributed by atoms with Gasteiger partial charge >= 0.3 is 24.3 Å². The van der Waals surface area contributed by atoms with Gasteiger partial charge in [0.1, 0.15) is 31.3 Å². The van der Waals surface area contributed by atoms with E-state index in [1.165, 1.54) is 67.6 Å². The zero-order valence-electron chi connectivity index (χ0n) is 26.8. The lowest BCUT2D eigenvalue weighted by Gasteiger charge is -2.26. The van der Waals surface area contributed by atoms with Gasteiger partial charge in [-0.25, -0.2) is 14.6 Å². The van der Waals surface area contributed by atoms with Crippen molar-refractivity contribution < 1.29 is 59.6 Å². The predicted molar refractivity (Wildman–Crippen MR) is 176 cm³/mol. The highest BCUT2D eigenvalue weighted by Crippen LogP contribution is 2.35. The maximum absolute atomic E-state index is 13.5. The highest BCUT2D eigenvalue weighted by molar-refractivity contribution is 6.30. The monoisotopic (exact) mass is 769 g/mol. The fourth-order valence-corrected chi connectivity index (χ4v) is 5.18. The number of carbonyl (C=O) groups is 2. The van der Waals surface area contributed by atoms with Crippen molar-refractivity contribution in [2.45, 2.75) is 37.0 Å². The fourth-order valence-electron chi connectivity index (χ4n) is 4.93. The third-order valence-electron chi connectivity index (χ3n) is 7.51. The minimum absolute atomic E-state index is 0.163. The number of rotatable bonds is 12. The maximum atomic E-state index is 13.5. The van der Waals surface area contributed by atoms with E-state index in [1.807, 2.05) is 0 Å². The molecule has 4 aromatic rings. The summed E-state index contributed by atoms with van der Waals surface area (Å²) in [6.07, 6.45) is -12.5. The van der Waals surface area contributed by atoms with Gasteiger partial charge in [-0.05, 0) is 60.7 Å². The second-order valence-corrected chi connectivity index (χ2v) is 12.4. The van der Waals surface area contributed by atoms with Crippen LogP contribution in [0.4, 0.5) is 26.3 Å². The van der Waals surface area contributed by atoms with Gasteiger partial charge in [0.2, 0.25) is 12.2 Å². The molecule has 0 saturated carbocycles. The number of ether oxygens (including phenoxy) is 5. The zero-order chi connectivity index (χ0) is 37.7. The first-order valence-corrected chi connectivity index (χ1v) is 16.0. The highest BCUT2D eigenvalue weighted by Gasteiger charge is 2.41. The molecule has 0 aromatic heterocycles. The lowest BCUT2D eigenvalue weighted by atomic mass is 10.0. The molecule has 1 aliphatic rings. The maximum Gasteiger partial charge on any atom is 0.416 e. The van der Waals surface area contributed by atoms with Crippen molar-refractivity contribution in [2.24, 2.45) is 4.99 Å². The zero-order valence-corrected chi connectivity index (χ0v) is 28.4. The number of halogens is 8. The molecule has 0 amide bonds. The minimum Gasteiger partial charge on any atom is -0.478 e. The van der Waals surface area contributed by atoms with Crippen molar-refractivity contribution in [3.63, 3.8) is 0 Å². The molecule has 5 rings (SSSR count). The Labute approximate surface area is 302 Å². The Hall–Kier alpha value is -4.95. The summed E-state index contributed by atoms with van der Waals surface area (Å²) in [5, 5.41) is 0.634. The first-order valence-electron chi connectivity index (χ1n) is 15.2. The van der Waals surface area contributed by atoms with Crippen LogP contribution >= 0.6 is 23.2 Å². The quantitative estimate of drug-likeness (QED) is 0.105. The van der Waals surface area contributed by atoms with Gasteiger partial charge in [0.05, 0.1) is 11.1 Å². The molecule has 0 N–H and O–H groups in total. The third-order valence-corrected chi connectivity index (χ3v) is 8.02. The van der Waals surface area contributed by atoms with Crippen molar-refractivity contribution >= 4 is 41.0 Å². The van der Waals surface area contributed by atoms with Crippen molar-refractivity contribution in [1.82, 2.24) is 0 Å². The summed E-state index contributed by atoms with van der Waals surface area (Å²) in [6, 6.07) is 19.4. The van der Waals surface area contributed by atoms with Crippen molar-refractivity contribution in [3.05, 3.63) is 129 Å². The van der Waals surface area contributed by atoms with Gasteiger partial charge in [0.15, 0.2) is 11.4 Å². The summed E-state index contributed by atoms with van der Waals surface area (Å²) >= 11 is 12.0. The lowest BCUT2D eigenvalue weighted by Crippen LogP contribution is -2.42. The van der Waals surface area contributed by atoms with E-state index < -0.39 is 66.4 Å². The van der Waals surface area contributed by atoms with E-state index in [9.17, 15) is 35.9 Å². The molecule has 0 aliphatic carbocycles. The summed E-state index contributed by atoms with van der Waals surface area (Å²) in [5.74, 6) is -2.45. The second-order valence-electron chi connectivity index (χ2n) is 11.5. The molecule has 274 valence electrons. The van der Waals surface area contributed by atoms with Crippen molar-refractivity contribution in [3.8, 4) is 11.5 Å². The van der Waals surface area contributed by atoms with Gasteiger partial charge in [-0.2, -0.15) is 26.3 Å². The van der Waals surface area contributed by atoms with Crippen LogP contribution in [0, 0.1) is 0 Å². The molecule has 8 nitrogen and oxygen atoms in total. The molecule has 0 bridgehead atoms. The minimum atomic E-state index is -4.68. The van der Waals surface area contributed by atoms with Crippen LogP contribution in [0.25, 0.3) is 0 Å².